The number of Topliss-reactive ketones (excluding diaryl/α,β-unsaturated/α-hetero) is 1. The number of hydrogen-bond acceptors (Lipinski definition) is 4. The quantitative estimate of drug-likeness (QED) is 0.775. The van der Waals surface area contributed by atoms with E-state index >= 15 is 0 Å². The zero-order chi connectivity index (χ0) is 16.5. The summed E-state index contributed by atoms with van der Waals surface area (Å²) in [5, 5.41) is 0. The third-order valence-electron chi connectivity index (χ3n) is 3.31. The molecule has 0 radical (unpaired) electrons. The summed E-state index contributed by atoms with van der Waals surface area (Å²) >= 11 is 0.535. The highest BCUT2D eigenvalue weighted by molar-refractivity contribution is 7.16. The fourth-order valence-electron chi connectivity index (χ4n) is 2.09. The molecule has 0 N–H and O–H groups in total. The molecule has 2 heterocycles. The molecule has 0 aromatic carbocycles. The van der Waals surface area contributed by atoms with Crippen LogP contribution in [-0.2, 0) is 4.79 Å². The summed E-state index contributed by atoms with van der Waals surface area (Å²) in [5.41, 5.74) is 0. The highest BCUT2D eigenvalue weighted by atomic mass is 32.1. The zero-order valence-corrected chi connectivity index (χ0v) is 12.5. The van der Waals surface area contributed by atoms with Gasteiger partial charge in [-0.05, 0) is 12.1 Å². The third kappa shape index (κ3) is 3.46. The van der Waals surface area contributed by atoms with Gasteiger partial charge in [-0.3, -0.25) is 14.4 Å². The van der Waals surface area contributed by atoms with E-state index in [0.29, 0.717) is 37.5 Å². The van der Waals surface area contributed by atoms with Crippen LogP contribution < -0.4 is 0 Å². The van der Waals surface area contributed by atoms with Crippen molar-refractivity contribution in [3.05, 3.63) is 21.9 Å². The van der Waals surface area contributed by atoms with Gasteiger partial charge in [0.05, 0.1) is 9.75 Å². The summed E-state index contributed by atoms with van der Waals surface area (Å²) in [4.78, 5) is 37.2. The first-order valence-corrected chi connectivity index (χ1v) is 7.28. The molecular weight excluding hydrogens is 321 g/mol. The molecule has 0 bridgehead atoms. The van der Waals surface area contributed by atoms with Crippen molar-refractivity contribution in [1.29, 1.82) is 0 Å². The molecule has 0 saturated carbocycles. The zero-order valence-electron chi connectivity index (χ0n) is 11.6. The molecule has 1 aliphatic heterocycles. The van der Waals surface area contributed by atoms with Gasteiger partial charge in [-0.1, -0.05) is 0 Å². The molecule has 5 nitrogen and oxygen atoms in total. The highest BCUT2D eigenvalue weighted by Gasteiger charge is 2.40. The predicted molar refractivity (Wildman–Crippen MR) is 72.9 cm³/mol. The van der Waals surface area contributed by atoms with Crippen LogP contribution in [0.15, 0.2) is 12.1 Å². The summed E-state index contributed by atoms with van der Waals surface area (Å²) in [6, 6.07) is 2.24. The van der Waals surface area contributed by atoms with Crippen molar-refractivity contribution in [3.63, 3.8) is 0 Å². The van der Waals surface area contributed by atoms with E-state index < -0.39 is 22.7 Å². The molecule has 0 spiro atoms. The first-order chi connectivity index (χ1) is 10.2. The maximum Gasteiger partial charge on any atom is 0.455 e. The maximum atomic E-state index is 12.3. The van der Waals surface area contributed by atoms with E-state index in [4.69, 9.17) is 0 Å². The van der Waals surface area contributed by atoms with Crippen LogP contribution in [0.1, 0.15) is 26.3 Å². The number of halogens is 3. The predicted octanol–water partition coefficient (Wildman–Crippen LogP) is 1.80. The van der Waals surface area contributed by atoms with Crippen molar-refractivity contribution in [3.8, 4) is 0 Å². The van der Waals surface area contributed by atoms with Crippen LogP contribution in [0.3, 0.4) is 0 Å². The molecule has 22 heavy (non-hydrogen) atoms. The second-order valence-corrected chi connectivity index (χ2v) is 5.87. The van der Waals surface area contributed by atoms with E-state index in [1.54, 1.807) is 4.90 Å². The Bertz CT molecular complexity index is 604. The number of hydrogen-bond donors (Lipinski definition) is 0. The number of rotatable bonds is 2. The Kier molecular flexibility index (Phi) is 4.55. The van der Waals surface area contributed by atoms with Crippen molar-refractivity contribution >= 4 is 28.9 Å². The third-order valence-corrected chi connectivity index (χ3v) is 4.38. The first kappa shape index (κ1) is 16.5. The Morgan fingerprint density at radius 3 is 2.00 bits per heavy atom. The molecule has 1 aromatic heterocycles. The Balaban J connectivity index is 2.04. The first-order valence-electron chi connectivity index (χ1n) is 6.46. The summed E-state index contributed by atoms with van der Waals surface area (Å²) in [7, 11) is 0. The van der Waals surface area contributed by atoms with Crippen molar-refractivity contribution < 1.29 is 27.6 Å². The molecule has 2 rings (SSSR count). The second kappa shape index (κ2) is 6.07. The monoisotopic (exact) mass is 334 g/mol. The molecule has 9 heteroatoms. The Labute approximate surface area is 128 Å². The normalized spacial score (nSPS) is 15.8. The van der Waals surface area contributed by atoms with E-state index in [-0.39, 0.29) is 10.8 Å². The van der Waals surface area contributed by atoms with E-state index in [2.05, 4.69) is 0 Å². The average molecular weight is 334 g/mol. The molecule has 0 atom stereocenters. The minimum atomic E-state index is -4.95. The van der Waals surface area contributed by atoms with Gasteiger partial charge in [-0.15, -0.1) is 11.3 Å². The van der Waals surface area contributed by atoms with Crippen LogP contribution in [0.2, 0.25) is 0 Å². The van der Waals surface area contributed by atoms with Crippen molar-refractivity contribution in [2.75, 3.05) is 26.2 Å². The van der Waals surface area contributed by atoms with E-state index in [1.807, 2.05) is 0 Å². The highest BCUT2D eigenvalue weighted by Crippen LogP contribution is 2.27. The fourth-order valence-corrected chi connectivity index (χ4v) is 3.03. The van der Waals surface area contributed by atoms with Crippen LogP contribution in [0.5, 0.6) is 0 Å². The van der Waals surface area contributed by atoms with Crippen LogP contribution in [0.25, 0.3) is 0 Å². The lowest BCUT2D eigenvalue weighted by Gasteiger charge is -2.33. The van der Waals surface area contributed by atoms with Crippen LogP contribution in [-0.4, -0.2) is 59.8 Å². The van der Waals surface area contributed by atoms with Gasteiger partial charge in [-0.25, -0.2) is 0 Å². The topological polar surface area (TPSA) is 57.7 Å². The van der Waals surface area contributed by atoms with Gasteiger partial charge < -0.3 is 9.80 Å². The van der Waals surface area contributed by atoms with E-state index in [1.165, 1.54) is 17.9 Å². The van der Waals surface area contributed by atoms with Crippen LogP contribution >= 0.6 is 11.3 Å². The van der Waals surface area contributed by atoms with Crippen LogP contribution in [0.4, 0.5) is 13.2 Å². The maximum absolute atomic E-state index is 12.3. The number of thiophene rings is 1. The Morgan fingerprint density at radius 2 is 1.50 bits per heavy atom. The molecule has 1 fully saturated rings. The summed E-state index contributed by atoms with van der Waals surface area (Å²) < 4.78 is 37.0. The molecule has 1 saturated heterocycles. The second-order valence-electron chi connectivity index (χ2n) is 4.79. The van der Waals surface area contributed by atoms with Gasteiger partial charge in [0.25, 0.3) is 11.7 Å². The smallest absolute Gasteiger partial charge is 0.339 e. The van der Waals surface area contributed by atoms with Gasteiger partial charge >= 0.3 is 6.18 Å². The van der Waals surface area contributed by atoms with Gasteiger partial charge in [0.1, 0.15) is 0 Å². The molecular formula is C13H13F3N2O3S. The molecule has 0 unspecified atom stereocenters. The lowest BCUT2D eigenvalue weighted by Crippen LogP contribution is -2.49. The fraction of sp³-hybridized carbons (Fsp3) is 0.462. The lowest BCUT2D eigenvalue weighted by atomic mass is 10.2. The number of carbonyl (C=O) groups is 3. The average Bonchev–Trinajstić information content (AvgIpc) is 2.94. The minimum Gasteiger partial charge on any atom is -0.339 e. The number of amides is 2. The largest absolute Gasteiger partial charge is 0.455 e. The van der Waals surface area contributed by atoms with Crippen molar-refractivity contribution in [1.82, 2.24) is 9.80 Å². The van der Waals surface area contributed by atoms with Gasteiger partial charge in [0, 0.05) is 33.1 Å². The number of piperazine rings is 1. The Hall–Kier alpha value is -1.90. The van der Waals surface area contributed by atoms with E-state index in [0.717, 1.165) is 6.07 Å². The van der Waals surface area contributed by atoms with Gasteiger partial charge in [0.15, 0.2) is 0 Å². The SMILES string of the molecule is CC(=O)N1CCN(C(=O)c2ccc(C(=O)C(F)(F)F)s2)CC1. The molecule has 1 aromatic rings. The standard InChI is InChI=1S/C13H13F3N2O3S/c1-8(19)17-4-6-18(7-5-17)12(21)10-3-2-9(22-10)11(20)13(14,15)16/h2-3H,4-7H2,1H3. The summed E-state index contributed by atoms with van der Waals surface area (Å²) in [6.45, 7) is 2.85. The summed E-state index contributed by atoms with van der Waals surface area (Å²) in [6.07, 6.45) is -4.95. The van der Waals surface area contributed by atoms with Crippen LogP contribution in [0, 0.1) is 0 Å². The number of nitrogens with zero attached hydrogens (tertiary/aromatic N) is 2. The molecule has 1 aliphatic rings. The van der Waals surface area contributed by atoms with Crippen molar-refractivity contribution in [2.24, 2.45) is 0 Å². The van der Waals surface area contributed by atoms with Gasteiger partial charge in [-0.2, -0.15) is 13.2 Å². The number of alkyl halides is 3. The molecule has 120 valence electrons. The van der Waals surface area contributed by atoms with Crippen molar-refractivity contribution in [2.45, 2.75) is 13.1 Å². The lowest BCUT2D eigenvalue weighted by molar-refractivity contribution is -0.130. The van der Waals surface area contributed by atoms with Gasteiger partial charge in [0.2, 0.25) is 5.91 Å². The number of carbonyl (C=O) groups excluding carboxylic acids is 3. The Morgan fingerprint density at radius 1 is 1.00 bits per heavy atom. The number of ketones is 1. The van der Waals surface area contributed by atoms with E-state index in [9.17, 15) is 27.6 Å². The molecule has 2 amide bonds. The molecule has 0 aliphatic carbocycles. The summed E-state index contributed by atoms with van der Waals surface area (Å²) in [5.74, 6) is -2.45. The minimum absolute atomic E-state index is 0.0821.